The molecule has 0 radical (unpaired) electrons. The smallest absolute Gasteiger partial charge is 0.324 e. The Labute approximate surface area is 116 Å². The Hall–Kier alpha value is -2.28. The van der Waals surface area contributed by atoms with E-state index in [9.17, 15) is 9.59 Å². The minimum atomic E-state index is -0.548. The van der Waals surface area contributed by atoms with Crippen molar-refractivity contribution in [2.75, 3.05) is 27.3 Å². The third-order valence-corrected chi connectivity index (χ3v) is 3.15. The Morgan fingerprint density at radius 2 is 2.10 bits per heavy atom. The number of carbonyl (C=O) groups is 2. The van der Waals surface area contributed by atoms with Crippen molar-refractivity contribution in [2.24, 2.45) is 5.73 Å². The van der Waals surface area contributed by atoms with Crippen LogP contribution in [0.2, 0.25) is 0 Å². The zero-order valence-corrected chi connectivity index (χ0v) is 11.4. The SMILES string of the molecule is COc1ccc(OC)c(C(N)CN2C(=O)CNC2=O)c1. The molecule has 1 heterocycles. The molecule has 7 heteroatoms. The molecule has 1 unspecified atom stereocenters. The molecule has 1 fully saturated rings. The van der Waals surface area contributed by atoms with E-state index in [1.165, 1.54) is 7.11 Å². The summed E-state index contributed by atoms with van der Waals surface area (Å²) in [5, 5.41) is 2.45. The maximum absolute atomic E-state index is 11.6. The van der Waals surface area contributed by atoms with Crippen LogP contribution in [0.25, 0.3) is 0 Å². The number of amides is 3. The second-order valence-electron chi connectivity index (χ2n) is 4.38. The summed E-state index contributed by atoms with van der Waals surface area (Å²) in [6, 6.07) is 4.25. The molecular weight excluding hydrogens is 262 g/mol. The standard InChI is InChI=1S/C13H17N3O4/c1-19-8-3-4-11(20-2)9(5-8)10(14)7-16-12(17)6-15-13(16)18/h3-5,10H,6-7,14H2,1-2H3,(H,15,18). The Balaban J connectivity index is 2.21. The Bertz CT molecular complexity index is 516. The van der Waals surface area contributed by atoms with Gasteiger partial charge in [0.25, 0.3) is 0 Å². The third kappa shape index (κ3) is 2.67. The molecule has 7 nitrogen and oxygen atoms in total. The van der Waals surface area contributed by atoms with E-state index in [0.29, 0.717) is 17.1 Å². The largest absolute Gasteiger partial charge is 0.497 e. The molecule has 3 amide bonds. The second-order valence-corrected chi connectivity index (χ2v) is 4.38. The topological polar surface area (TPSA) is 93.9 Å². The summed E-state index contributed by atoms with van der Waals surface area (Å²) >= 11 is 0. The highest BCUT2D eigenvalue weighted by Crippen LogP contribution is 2.29. The molecule has 1 saturated heterocycles. The fourth-order valence-electron chi connectivity index (χ4n) is 2.06. The van der Waals surface area contributed by atoms with Crippen LogP contribution < -0.4 is 20.5 Å². The van der Waals surface area contributed by atoms with Gasteiger partial charge < -0.3 is 20.5 Å². The van der Waals surface area contributed by atoms with Crippen LogP contribution in [0.15, 0.2) is 18.2 Å². The van der Waals surface area contributed by atoms with Crippen LogP contribution in [0.1, 0.15) is 11.6 Å². The summed E-state index contributed by atoms with van der Waals surface area (Å²) in [5.74, 6) is 0.936. The van der Waals surface area contributed by atoms with Crippen LogP contribution in [0.3, 0.4) is 0 Å². The zero-order valence-electron chi connectivity index (χ0n) is 11.4. The highest BCUT2D eigenvalue weighted by molar-refractivity contribution is 6.01. The number of rotatable bonds is 5. The minimum absolute atomic E-state index is 0.0147. The summed E-state index contributed by atoms with van der Waals surface area (Å²) in [6.45, 7) is 0.106. The van der Waals surface area contributed by atoms with Crippen molar-refractivity contribution in [2.45, 2.75) is 6.04 Å². The number of benzene rings is 1. The predicted octanol–water partition coefficient (Wildman–Crippen LogP) is 0.255. The van der Waals surface area contributed by atoms with E-state index >= 15 is 0 Å². The van der Waals surface area contributed by atoms with Gasteiger partial charge in [-0.3, -0.25) is 9.69 Å². The van der Waals surface area contributed by atoms with Gasteiger partial charge in [0.05, 0.1) is 26.8 Å². The fraction of sp³-hybridized carbons (Fsp3) is 0.385. The van der Waals surface area contributed by atoms with Gasteiger partial charge in [-0.15, -0.1) is 0 Å². The first kappa shape index (κ1) is 14.1. The molecule has 2 rings (SSSR count). The Kier molecular flexibility index (Phi) is 4.09. The molecule has 0 aliphatic carbocycles. The average molecular weight is 279 g/mol. The zero-order chi connectivity index (χ0) is 14.7. The molecule has 1 aliphatic heterocycles. The van der Waals surface area contributed by atoms with E-state index in [0.717, 1.165) is 4.90 Å². The molecule has 1 aromatic carbocycles. The first-order valence-electron chi connectivity index (χ1n) is 6.12. The van der Waals surface area contributed by atoms with Gasteiger partial charge in [0, 0.05) is 12.1 Å². The van der Waals surface area contributed by atoms with Crippen LogP contribution in [0.4, 0.5) is 4.79 Å². The van der Waals surface area contributed by atoms with Gasteiger partial charge in [-0.05, 0) is 18.2 Å². The molecular formula is C13H17N3O4. The molecule has 1 aliphatic rings. The third-order valence-electron chi connectivity index (χ3n) is 3.15. The van der Waals surface area contributed by atoms with E-state index in [1.54, 1.807) is 25.3 Å². The van der Waals surface area contributed by atoms with E-state index in [1.807, 2.05) is 0 Å². The normalized spacial score (nSPS) is 16.1. The first-order valence-corrected chi connectivity index (χ1v) is 6.12. The molecule has 0 saturated carbocycles. The Morgan fingerprint density at radius 1 is 1.35 bits per heavy atom. The number of imide groups is 1. The second kappa shape index (κ2) is 5.79. The van der Waals surface area contributed by atoms with E-state index in [4.69, 9.17) is 15.2 Å². The van der Waals surface area contributed by atoms with Gasteiger partial charge in [0.1, 0.15) is 11.5 Å². The van der Waals surface area contributed by atoms with Gasteiger partial charge >= 0.3 is 6.03 Å². The summed E-state index contributed by atoms with van der Waals surface area (Å²) in [6.07, 6.45) is 0. The van der Waals surface area contributed by atoms with Gasteiger partial charge in [-0.2, -0.15) is 0 Å². The van der Waals surface area contributed by atoms with Gasteiger partial charge in [-0.1, -0.05) is 0 Å². The number of methoxy groups -OCH3 is 2. The predicted molar refractivity (Wildman–Crippen MR) is 71.6 cm³/mol. The lowest BCUT2D eigenvalue weighted by atomic mass is 10.1. The van der Waals surface area contributed by atoms with Crippen molar-refractivity contribution in [3.63, 3.8) is 0 Å². The maximum Gasteiger partial charge on any atom is 0.324 e. The molecule has 1 aromatic rings. The number of nitrogens with two attached hydrogens (primary N) is 1. The lowest BCUT2D eigenvalue weighted by molar-refractivity contribution is -0.125. The van der Waals surface area contributed by atoms with E-state index in [2.05, 4.69) is 5.32 Å². The average Bonchev–Trinajstić information content (AvgIpc) is 2.78. The lowest BCUT2D eigenvalue weighted by Gasteiger charge is -2.20. The van der Waals surface area contributed by atoms with Gasteiger partial charge in [0.15, 0.2) is 0 Å². The van der Waals surface area contributed by atoms with Gasteiger partial charge in [0.2, 0.25) is 5.91 Å². The van der Waals surface area contributed by atoms with Gasteiger partial charge in [-0.25, -0.2) is 4.79 Å². The summed E-state index contributed by atoms with van der Waals surface area (Å²) in [7, 11) is 3.08. The first-order chi connectivity index (χ1) is 9.56. The fourth-order valence-corrected chi connectivity index (χ4v) is 2.06. The monoisotopic (exact) mass is 279 g/mol. The van der Waals surface area contributed by atoms with Crippen molar-refractivity contribution in [1.29, 1.82) is 0 Å². The number of ether oxygens (including phenoxy) is 2. The van der Waals surface area contributed by atoms with Crippen LogP contribution in [-0.2, 0) is 4.79 Å². The van der Waals surface area contributed by atoms with Crippen LogP contribution in [0, 0.1) is 0 Å². The van der Waals surface area contributed by atoms with Crippen molar-refractivity contribution in [3.05, 3.63) is 23.8 Å². The molecule has 3 N–H and O–H groups in total. The van der Waals surface area contributed by atoms with Crippen molar-refractivity contribution >= 4 is 11.9 Å². The molecule has 0 aromatic heterocycles. The maximum atomic E-state index is 11.6. The number of nitrogens with zero attached hydrogens (tertiary/aromatic N) is 1. The van der Waals surface area contributed by atoms with Crippen LogP contribution >= 0.6 is 0 Å². The number of hydrogen-bond acceptors (Lipinski definition) is 5. The van der Waals surface area contributed by atoms with E-state index in [-0.39, 0.29) is 19.0 Å². The summed E-state index contributed by atoms with van der Waals surface area (Å²) in [5.41, 5.74) is 6.77. The molecule has 0 bridgehead atoms. The number of carbonyl (C=O) groups excluding carboxylic acids is 2. The lowest BCUT2D eigenvalue weighted by Crippen LogP contribution is -2.37. The number of urea groups is 1. The molecule has 20 heavy (non-hydrogen) atoms. The highest BCUT2D eigenvalue weighted by Gasteiger charge is 2.30. The summed E-state index contributed by atoms with van der Waals surface area (Å²) in [4.78, 5) is 24.2. The Morgan fingerprint density at radius 3 is 2.65 bits per heavy atom. The summed E-state index contributed by atoms with van der Waals surface area (Å²) < 4.78 is 10.4. The minimum Gasteiger partial charge on any atom is -0.497 e. The van der Waals surface area contributed by atoms with Crippen LogP contribution in [-0.4, -0.2) is 44.1 Å². The quantitative estimate of drug-likeness (QED) is 0.754. The molecule has 1 atom stereocenters. The van der Waals surface area contributed by atoms with E-state index < -0.39 is 12.1 Å². The highest BCUT2D eigenvalue weighted by atomic mass is 16.5. The number of hydrogen-bond donors (Lipinski definition) is 2. The molecule has 0 spiro atoms. The van der Waals surface area contributed by atoms with Crippen molar-refractivity contribution < 1.29 is 19.1 Å². The molecule has 108 valence electrons. The van der Waals surface area contributed by atoms with Crippen molar-refractivity contribution in [1.82, 2.24) is 10.2 Å². The van der Waals surface area contributed by atoms with Crippen LogP contribution in [0.5, 0.6) is 11.5 Å². The number of nitrogens with one attached hydrogen (secondary N) is 1. The van der Waals surface area contributed by atoms with Crippen molar-refractivity contribution in [3.8, 4) is 11.5 Å².